The maximum absolute atomic E-state index is 13.4. The molecular formula is C30H30F3NO4. The normalized spacial score (nSPS) is 16.6. The minimum atomic E-state index is -4.52. The number of fused-ring (bicyclic) bond motifs is 1. The molecule has 3 aromatic rings. The first kappa shape index (κ1) is 27.2. The van der Waals surface area contributed by atoms with Gasteiger partial charge in [0.25, 0.3) is 5.91 Å². The number of hydrogen-bond donors (Lipinski definition) is 1. The van der Waals surface area contributed by atoms with Crippen LogP contribution in [0.25, 0.3) is 0 Å². The Hall–Kier alpha value is -3.81. The second kappa shape index (κ2) is 10.9. The van der Waals surface area contributed by atoms with E-state index in [-0.39, 0.29) is 25.1 Å². The standard InChI is InChI=1S/C30H30F3NO4/c1-3-20-7-9-21(10-8-20)17-29(2)18-24-16-23(11-12-26(24)38-29)28(37)34(14-13-27(35)36)19-22-5-4-6-25(15-22)30(31,32)33/h4-12,15-16H,3,13-14,17-19H2,1-2H3,(H,35,36)/t29-/m1/s1. The van der Waals surface area contributed by atoms with E-state index < -0.39 is 29.2 Å². The van der Waals surface area contributed by atoms with Gasteiger partial charge in [0.15, 0.2) is 0 Å². The maximum Gasteiger partial charge on any atom is 0.416 e. The minimum Gasteiger partial charge on any atom is -0.487 e. The largest absolute Gasteiger partial charge is 0.487 e. The quantitative estimate of drug-likeness (QED) is 0.355. The predicted octanol–water partition coefficient (Wildman–Crippen LogP) is 6.32. The molecule has 4 rings (SSSR count). The topological polar surface area (TPSA) is 66.8 Å². The van der Waals surface area contributed by atoms with Gasteiger partial charge >= 0.3 is 12.1 Å². The van der Waals surface area contributed by atoms with Crippen molar-refractivity contribution in [1.29, 1.82) is 0 Å². The highest BCUT2D eigenvalue weighted by Crippen LogP contribution is 2.38. The number of carboxylic acid groups (broad SMARTS) is 1. The van der Waals surface area contributed by atoms with Crippen molar-refractivity contribution >= 4 is 11.9 Å². The summed E-state index contributed by atoms with van der Waals surface area (Å²) < 4.78 is 45.8. The zero-order valence-corrected chi connectivity index (χ0v) is 21.3. The third-order valence-corrected chi connectivity index (χ3v) is 6.75. The average molecular weight is 526 g/mol. The van der Waals surface area contributed by atoms with Gasteiger partial charge in [-0.1, -0.05) is 43.3 Å². The van der Waals surface area contributed by atoms with Gasteiger partial charge in [0.2, 0.25) is 0 Å². The van der Waals surface area contributed by atoms with Crippen molar-refractivity contribution in [2.75, 3.05) is 6.54 Å². The fourth-order valence-corrected chi connectivity index (χ4v) is 4.81. The zero-order valence-electron chi connectivity index (χ0n) is 21.3. The Balaban J connectivity index is 1.52. The second-order valence-corrected chi connectivity index (χ2v) is 9.97. The molecule has 0 aromatic heterocycles. The van der Waals surface area contributed by atoms with Crippen LogP contribution in [0.4, 0.5) is 13.2 Å². The fourth-order valence-electron chi connectivity index (χ4n) is 4.81. The number of carbonyl (C=O) groups is 2. The number of halogens is 3. The van der Waals surface area contributed by atoms with E-state index >= 15 is 0 Å². The lowest BCUT2D eigenvalue weighted by atomic mass is 9.91. The third-order valence-electron chi connectivity index (χ3n) is 6.75. The number of aliphatic carboxylic acids is 1. The molecule has 0 aliphatic carbocycles. The summed E-state index contributed by atoms with van der Waals surface area (Å²) in [7, 11) is 0. The first-order valence-corrected chi connectivity index (χ1v) is 12.5. The second-order valence-electron chi connectivity index (χ2n) is 9.97. The van der Waals surface area contributed by atoms with Gasteiger partial charge < -0.3 is 14.7 Å². The first-order valence-electron chi connectivity index (χ1n) is 12.5. The van der Waals surface area contributed by atoms with E-state index in [1.165, 1.54) is 22.6 Å². The summed E-state index contributed by atoms with van der Waals surface area (Å²) in [6, 6.07) is 18.2. The Bertz CT molecular complexity index is 1320. The Labute approximate surface area is 219 Å². The molecule has 1 aliphatic rings. The van der Waals surface area contributed by atoms with Crippen LogP contribution in [0, 0.1) is 0 Å². The summed E-state index contributed by atoms with van der Waals surface area (Å²) >= 11 is 0. The van der Waals surface area contributed by atoms with Gasteiger partial charge in [0, 0.05) is 31.5 Å². The molecule has 38 heavy (non-hydrogen) atoms. The molecule has 0 saturated carbocycles. The van der Waals surface area contributed by atoms with Crippen molar-refractivity contribution in [3.05, 3.63) is 100 Å². The van der Waals surface area contributed by atoms with Crippen LogP contribution >= 0.6 is 0 Å². The van der Waals surface area contributed by atoms with E-state index in [1.54, 1.807) is 18.2 Å². The van der Waals surface area contributed by atoms with Gasteiger partial charge in [0.1, 0.15) is 11.4 Å². The van der Waals surface area contributed by atoms with Crippen LogP contribution in [-0.2, 0) is 36.8 Å². The molecule has 5 nitrogen and oxygen atoms in total. The summed E-state index contributed by atoms with van der Waals surface area (Å²) in [5.41, 5.74) is 2.56. The summed E-state index contributed by atoms with van der Waals surface area (Å²) in [5.74, 6) is -0.864. The fraction of sp³-hybridized carbons (Fsp3) is 0.333. The number of hydrogen-bond acceptors (Lipinski definition) is 3. The van der Waals surface area contributed by atoms with Crippen molar-refractivity contribution in [2.45, 2.75) is 57.9 Å². The maximum atomic E-state index is 13.4. The summed E-state index contributed by atoms with van der Waals surface area (Å²) in [6.45, 7) is 3.85. The highest BCUT2D eigenvalue weighted by molar-refractivity contribution is 5.95. The van der Waals surface area contributed by atoms with Gasteiger partial charge in [-0.15, -0.1) is 0 Å². The SMILES string of the molecule is CCc1ccc(C[C@]2(C)Cc3cc(C(=O)N(CCC(=O)O)Cc4cccc(C(F)(F)F)c4)ccc3O2)cc1. The van der Waals surface area contributed by atoms with E-state index in [2.05, 4.69) is 31.2 Å². The molecule has 1 atom stereocenters. The number of ether oxygens (including phenoxy) is 1. The number of alkyl halides is 3. The van der Waals surface area contributed by atoms with Crippen molar-refractivity contribution < 1.29 is 32.6 Å². The number of carbonyl (C=O) groups excluding carboxylic acids is 1. The number of benzene rings is 3. The highest BCUT2D eigenvalue weighted by atomic mass is 19.4. The molecule has 0 fully saturated rings. The average Bonchev–Trinajstić information content (AvgIpc) is 3.21. The molecule has 1 amide bonds. The molecule has 0 bridgehead atoms. The number of nitrogens with zero attached hydrogens (tertiary/aromatic N) is 1. The van der Waals surface area contributed by atoms with E-state index in [0.29, 0.717) is 24.2 Å². The lowest BCUT2D eigenvalue weighted by molar-refractivity contribution is -0.138. The highest BCUT2D eigenvalue weighted by Gasteiger charge is 2.36. The third kappa shape index (κ3) is 6.54. The summed E-state index contributed by atoms with van der Waals surface area (Å²) in [6.07, 6.45) is -2.60. The van der Waals surface area contributed by atoms with Crippen LogP contribution < -0.4 is 4.74 Å². The van der Waals surface area contributed by atoms with Crippen LogP contribution in [0.1, 0.15) is 58.4 Å². The number of aryl methyl sites for hydroxylation is 1. The van der Waals surface area contributed by atoms with Gasteiger partial charge in [-0.25, -0.2) is 0 Å². The van der Waals surface area contributed by atoms with Crippen LogP contribution in [-0.4, -0.2) is 34.0 Å². The molecule has 1 heterocycles. The molecule has 0 radical (unpaired) electrons. The number of rotatable bonds is 9. The molecule has 0 saturated heterocycles. The van der Waals surface area contributed by atoms with Crippen molar-refractivity contribution in [1.82, 2.24) is 4.90 Å². The van der Waals surface area contributed by atoms with E-state index in [1.807, 2.05) is 6.92 Å². The van der Waals surface area contributed by atoms with Crippen LogP contribution in [0.2, 0.25) is 0 Å². The van der Waals surface area contributed by atoms with E-state index in [4.69, 9.17) is 9.84 Å². The Kier molecular flexibility index (Phi) is 7.81. The zero-order chi connectivity index (χ0) is 27.5. The van der Waals surface area contributed by atoms with Gasteiger partial charge in [-0.3, -0.25) is 9.59 Å². The molecule has 200 valence electrons. The molecule has 8 heteroatoms. The lowest BCUT2D eigenvalue weighted by Gasteiger charge is -2.24. The van der Waals surface area contributed by atoms with Crippen LogP contribution in [0.5, 0.6) is 5.75 Å². The summed E-state index contributed by atoms with van der Waals surface area (Å²) in [4.78, 5) is 25.9. The molecule has 1 N–H and O–H groups in total. The molecular weight excluding hydrogens is 495 g/mol. The summed E-state index contributed by atoms with van der Waals surface area (Å²) in [5, 5.41) is 9.16. The molecule has 0 unspecified atom stereocenters. The minimum absolute atomic E-state index is 0.135. The number of carboxylic acids is 1. The smallest absolute Gasteiger partial charge is 0.416 e. The molecule has 3 aromatic carbocycles. The Morgan fingerprint density at radius 3 is 2.37 bits per heavy atom. The molecule has 0 spiro atoms. The Morgan fingerprint density at radius 1 is 1.00 bits per heavy atom. The predicted molar refractivity (Wildman–Crippen MR) is 137 cm³/mol. The van der Waals surface area contributed by atoms with Gasteiger partial charge in [0.05, 0.1) is 12.0 Å². The monoisotopic (exact) mass is 525 g/mol. The van der Waals surface area contributed by atoms with Crippen LogP contribution in [0.15, 0.2) is 66.7 Å². The van der Waals surface area contributed by atoms with E-state index in [9.17, 15) is 22.8 Å². The van der Waals surface area contributed by atoms with Crippen LogP contribution in [0.3, 0.4) is 0 Å². The van der Waals surface area contributed by atoms with Gasteiger partial charge in [-0.05, 0) is 65.9 Å². The first-order chi connectivity index (χ1) is 18.0. The van der Waals surface area contributed by atoms with Gasteiger partial charge in [-0.2, -0.15) is 13.2 Å². The lowest BCUT2D eigenvalue weighted by Crippen LogP contribution is -2.33. The number of amides is 1. The van der Waals surface area contributed by atoms with Crippen molar-refractivity contribution in [2.24, 2.45) is 0 Å². The van der Waals surface area contributed by atoms with E-state index in [0.717, 1.165) is 29.7 Å². The molecule has 1 aliphatic heterocycles. The van der Waals surface area contributed by atoms with Crippen molar-refractivity contribution in [3.8, 4) is 5.75 Å². The van der Waals surface area contributed by atoms with Crippen molar-refractivity contribution in [3.63, 3.8) is 0 Å². The Morgan fingerprint density at radius 2 is 1.71 bits per heavy atom.